The van der Waals surface area contributed by atoms with Crippen molar-refractivity contribution < 1.29 is 9.13 Å². The molecular weight excluding hydrogens is 227 g/mol. The Morgan fingerprint density at radius 3 is 2.56 bits per heavy atom. The van der Waals surface area contributed by atoms with E-state index < -0.39 is 5.82 Å². The van der Waals surface area contributed by atoms with Gasteiger partial charge < -0.3 is 4.74 Å². The molecule has 1 aliphatic carbocycles. The lowest BCUT2D eigenvalue weighted by molar-refractivity contribution is 0.135. The molecule has 16 heavy (non-hydrogen) atoms. The summed E-state index contributed by atoms with van der Waals surface area (Å²) in [6.07, 6.45) is 4.75. The van der Waals surface area contributed by atoms with E-state index in [1.54, 1.807) is 6.07 Å². The van der Waals surface area contributed by atoms with Gasteiger partial charge in [-0.05, 0) is 43.7 Å². The van der Waals surface area contributed by atoms with Crippen molar-refractivity contribution in [2.24, 2.45) is 5.92 Å². The van der Waals surface area contributed by atoms with Crippen LogP contribution in [0.1, 0.15) is 32.6 Å². The minimum Gasteiger partial charge on any atom is -0.490 e. The van der Waals surface area contributed by atoms with Crippen LogP contribution in [0.5, 0.6) is 5.75 Å². The summed E-state index contributed by atoms with van der Waals surface area (Å²) in [6, 6.07) is 4.63. The van der Waals surface area contributed by atoms with Gasteiger partial charge in [0.2, 0.25) is 0 Å². The minimum atomic E-state index is -0.414. The van der Waals surface area contributed by atoms with Crippen molar-refractivity contribution in [3.05, 3.63) is 29.0 Å². The maximum absolute atomic E-state index is 13.2. The summed E-state index contributed by atoms with van der Waals surface area (Å²) >= 11 is 5.61. The fraction of sp³-hybridized carbons (Fsp3) is 0.538. The predicted molar refractivity (Wildman–Crippen MR) is 63.5 cm³/mol. The molecule has 1 aliphatic rings. The van der Waals surface area contributed by atoms with Crippen molar-refractivity contribution in [1.29, 1.82) is 0 Å². The van der Waals surface area contributed by atoms with E-state index in [9.17, 15) is 4.39 Å². The molecule has 2 rings (SSSR count). The summed E-state index contributed by atoms with van der Waals surface area (Å²) in [6.45, 7) is 2.26. The third kappa shape index (κ3) is 2.88. The third-order valence-electron chi connectivity index (χ3n) is 3.16. The molecule has 0 radical (unpaired) electrons. The average Bonchev–Trinajstić information content (AvgIpc) is 2.27. The summed E-state index contributed by atoms with van der Waals surface area (Å²) in [5, 5.41) is 0.143. The maximum atomic E-state index is 13.2. The van der Waals surface area contributed by atoms with Gasteiger partial charge in [0, 0.05) is 6.07 Å². The van der Waals surface area contributed by atoms with Gasteiger partial charge in [0.25, 0.3) is 0 Å². The van der Waals surface area contributed by atoms with Gasteiger partial charge in [0.1, 0.15) is 11.6 Å². The highest BCUT2D eigenvalue weighted by molar-refractivity contribution is 6.30. The Labute approximate surface area is 101 Å². The molecule has 1 saturated carbocycles. The van der Waals surface area contributed by atoms with E-state index in [-0.39, 0.29) is 11.1 Å². The Morgan fingerprint density at radius 1 is 1.25 bits per heavy atom. The number of ether oxygens (including phenoxy) is 1. The second kappa shape index (κ2) is 5.05. The molecule has 0 aromatic heterocycles. The molecule has 0 bridgehead atoms. The first-order valence-electron chi connectivity index (χ1n) is 5.77. The zero-order valence-corrected chi connectivity index (χ0v) is 10.1. The SMILES string of the molecule is CC1CCC(Oc2ccc(Cl)c(F)c2)CC1. The molecule has 0 heterocycles. The minimum absolute atomic E-state index is 0.143. The highest BCUT2D eigenvalue weighted by Gasteiger charge is 2.19. The normalized spacial score (nSPS) is 25.4. The van der Waals surface area contributed by atoms with Crippen LogP contribution in [0.15, 0.2) is 18.2 Å². The molecule has 1 aromatic rings. The Bertz CT molecular complexity index is 359. The first-order valence-corrected chi connectivity index (χ1v) is 6.14. The lowest BCUT2D eigenvalue weighted by Gasteiger charge is -2.26. The molecule has 1 aromatic carbocycles. The summed E-state index contributed by atoms with van der Waals surface area (Å²) < 4.78 is 18.9. The van der Waals surface area contributed by atoms with E-state index in [4.69, 9.17) is 16.3 Å². The van der Waals surface area contributed by atoms with E-state index in [2.05, 4.69) is 6.92 Å². The predicted octanol–water partition coefficient (Wildman–Crippen LogP) is 4.44. The van der Waals surface area contributed by atoms with Crippen LogP contribution in [0.2, 0.25) is 5.02 Å². The van der Waals surface area contributed by atoms with Gasteiger partial charge in [-0.15, -0.1) is 0 Å². The molecule has 0 spiro atoms. The zero-order chi connectivity index (χ0) is 11.5. The summed E-state index contributed by atoms with van der Waals surface area (Å²) in [5.74, 6) is 0.964. The fourth-order valence-electron chi connectivity index (χ4n) is 2.09. The number of hydrogen-bond donors (Lipinski definition) is 0. The van der Waals surface area contributed by atoms with E-state index in [1.165, 1.54) is 25.0 Å². The number of rotatable bonds is 2. The smallest absolute Gasteiger partial charge is 0.145 e. The fourth-order valence-corrected chi connectivity index (χ4v) is 2.21. The van der Waals surface area contributed by atoms with Crippen LogP contribution in [-0.2, 0) is 0 Å². The summed E-state index contributed by atoms with van der Waals surface area (Å²) in [7, 11) is 0. The van der Waals surface area contributed by atoms with Crippen molar-refractivity contribution in [1.82, 2.24) is 0 Å². The molecule has 3 heteroatoms. The molecule has 0 unspecified atom stereocenters. The lowest BCUT2D eigenvalue weighted by atomic mass is 9.89. The maximum Gasteiger partial charge on any atom is 0.145 e. The first kappa shape index (κ1) is 11.7. The largest absolute Gasteiger partial charge is 0.490 e. The van der Waals surface area contributed by atoms with Gasteiger partial charge in [-0.1, -0.05) is 18.5 Å². The van der Waals surface area contributed by atoms with E-state index >= 15 is 0 Å². The Morgan fingerprint density at radius 2 is 1.94 bits per heavy atom. The third-order valence-corrected chi connectivity index (χ3v) is 3.46. The number of halogens is 2. The summed E-state index contributed by atoms with van der Waals surface area (Å²) in [5.41, 5.74) is 0. The molecule has 0 amide bonds. The van der Waals surface area contributed by atoms with Gasteiger partial charge in [-0.3, -0.25) is 0 Å². The lowest BCUT2D eigenvalue weighted by Crippen LogP contribution is -2.23. The van der Waals surface area contributed by atoms with Crippen molar-refractivity contribution in [2.45, 2.75) is 38.7 Å². The molecule has 0 aliphatic heterocycles. The Balaban J connectivity index is 1.96. The standard InChI is InChI=1S/C13H16ClFO/c1-9-2-4-10(5-3-9)16-11-6-7-12(14)13(15)8-11/h6-10H,2-5H2,1H3. The first-order chi connectivity index (χ1) is 7.65. The quantitative estimate of drug-likeness (QED) is 0.745. The van der Waals surface area contributed by atoms with Gasteiger partial charge in [0.05, 0.1) is 11.1 Å². The van der Waals surface area contributed by atoms with Gasteiger partial charge >= 0.3 is 0 Å². The Hall–Kier alpha value is -0.760. The highest BCUT2D eigenvalue weighted by atomic mass is 35.5. The van der Waals surface area contributed by atoms with E-state index in [0.717, 1.165) is 18.8 Å². The molecule has 1 nitrogen and oxygen atoms in total. The van der Waals surface area contributed by atoms with Gasteiger partial charge in [0.15, 0.2) is 0 Å². The van der Waals surface area contributed by atoms with E-state index in [0.29, 0.717) is 5.75 Å². The van der Waals surface area contributed by atoms with Crippen LogP contribution in [-0.4, -0.2) is 6.10 Å². The van der Waals surface area contributed by atoms with Crippen LogP contribution in [0.25, 0.3) is 0 Å². The molecule has 88 valence electrons. The van der Waals surface area contributed by atoms with Crippen LogP contribution in [0, 0.1) is 11.7 Å². The number of hydrogen-bond acceptors (Lipinski definition) is 1. The van der Waals surface area contributed by atoms with Crippen LogP contribution < -0.4 is 4.74 Å². The van der Waals surface area contributed by atoms with Crippen molar-refractivity contribution in [3.63, 3.8) is 0 Å². The Kier molecular flexibility index (Phi) is 3.70. The van der Waals surface area contributed by atoms with Crippen LogP contribution in [0.3, 0.4) is 0 Å². The second-order valence-electron chi connectivity index (χ2n) is 4.58. The molecule has 0 atom stereocenters. The highest BCUT2D eigenvalue weighted by Crippen LogP contribution is 2.28. The molecule has 0 N–H and O–H groups in total. The summed E-state index contributed by atoms with van der Waals surface area (Å²) in [4.78, 5) is 0. The van der Waals surface area contributed by atoms with Crippen LogP contribution >= 0.6 is 11.6 Å². The molecule has 1 fully saturated rings. The topological polar surface area (TPSA) is 9.23 Å². The molecule has 0 saturated heterocycles. The van der Waals surface area contributed by atoms with Gasteiger partial charge in [-0.2, -0.15) is 0 Å². The van der Waals surface area contributed by atoms with Crippen molar-refractivity contribution in [2.75, 3.05) is 0 Å². The molecular formula is C13H16ClFO. The van der Waals surface area contributed by atoms with Crippen molar-refractivity contribution >= 4 is 11.6 Å². The van der Waals surface area contributed by atoms with Crippen LogP contribution in [0.4, 0.5) is 4.39 Å². The number of benzene rings is 1. The van der Waals surface area contributed by atoms with Crippen molar-refractivity contribution in [3.8, 4) is 5.75 Å². The zero-order valence-electron chi connectivity index (χ0n) is 9.38. The van der Waals surface area contributed by atoms with Gasteiger partial charge in [-0.25, -0.2) is 4.39 Å². The monoisotopic (exact) mass is 242 g/mol. The average molecular weight is 243 g/mol. The van der Waals surface area contributed by atoms with E-state index in [1.807, 2.05) is 0 Å². The second-order valence-corrected chi connectivity index (χ2v) is 4.98.